The zero-order valence-electron chi connectivity index (χ0n) is 9.84. The van der Waals surface area contributed by atoms with Gasteiger partial charge in [-0.2, -0.15) is 11.3 Å². The Kier molecular flexibility index (Phi) is 4.39. The van der Waals surface area contributed by atoms with Crippen LogP contribution in [-0.2, 0) is 16.6 Å². The Hall–Kier alpha value is -0.890. The maximum atomic E-state index is 12.1. The summed E-state index contributed by atoms with van der Waals surface area (Å²) in [5.41, 5.74) is 1.61. The minimum atomic E-state index is -3.44. The predicted octanol–water partition coefficient (Wildman–Crippen LogP) is 2.72. The maximum Gasteiger partial charge on any atom is 0.271 e. The molecular weight excluding hydrogens is 288 g/mol. The van der Waals surface area contributed by atoms with E-state index >= 15 is 0 Å². The van der Waals surface area contributed by atoms with Crippen LogP contribution >= 0.6 is 22.7 Å². The first-order valence-corrected chi connectivity index (χ1v) is 8.75. The number of rotatable bonds is 6. The van der Waals surface area contributed by atoms with Gasteiger partial charge in [0.2, 0.25) is 0 Å². The van der Waals surface area contributed by atoms with Crippen LogP contribution in [0.4, 0.5) is 5.69 Å². The van der Waals surface area contributed by atoms with Crippen molar-refractivity contribution in [2.75, 3.05) is 11.3 Å². The SMILES string of the molecule is CCNCc1csc(S(=O)(=O)Nc2ccsc2)c1. The van der Waals surface area contributed by atoms with Crippen molar-refractivity contribution in [2.45, 2.75) is 17.7 Å². The van der Waals surface area contributed by atoms with Crippen molar-refractivity contribution in [1.29, 1.82) is 0 Å². The van der Waals surface area contributed by atoms with Crippen LogP contribution in [0.1, 0.15) is 12.5 Å². The van der Waals surface area contributed by atoms with Gasteiger partial charge in [0.05, 0.1) is 5.69 Å². The van der Waals surface area contributed by atoms with Gasteiger partial charge in [-0.1, -0.05) is 6.92 Å². The van der Waals surface area contributed by atoms with Gasteiger partial charge in [0.15, 0.2) is 0 Å². The van der Waals surface area contributed by atoms with Crippen molar-refractivity contribution in [2.24, 2.45) is 0 Å². The molecule has 0 bridgehead atoms. The van der Waals surface area contributed by atoms with Crippen molar-refractivity contribution < 1.29 is 8.42 Å². The average Bonchev–Trinajstić information content (AvgIpc) is 2.96. The minimum Gasteiger partial charge on any atom is -0.313 e. The zero-order valence-corrected chi connectivity index (χ0v) is 12.3. The summed E-state index contributed by atoms with van der Waals surface area (Å²) in [7, 11) is -3.44. The first kappa shape index (κ1) is 13.5. The molecule has 0 aliphatic heterocycles. The molecule has 18 heavy (non-hydrogen) atoms. The first-order valence-electron chi connectivity index (χ1n) is 5.45. The lowest BCUT2D eigenvalue weighted by Gasteiger charge is -2.02. The molecule has 0 fully saturated rings. The molecule has 2 rings (SSSR count). The molecule has 0 spiro atoms. The second-order valence-electron chi connectivity index (χ2n) is 3.67. The van der Waals surface area contributed by atoms with Gasteiger partial charge in [0, 0.05) is 11.9 Å². The summed E-state index contributed by atoms with van der Waals surface area (Å²) in [4.78, 5) is 0. The molecule has 0 amide bonds. The second-order valence-corrected chi connectivity index (χ2v) is 7.27. The third kappa shape index (κ3) is 3.32. The van der Waals surface area contributed by atoms with Crippen molar-refractivity contribution in [3.8, 4) is 0 Å². The summed E-state index contributed by atoms with van der Waals surface area (Å²) in [6.45, 7) is 3.58. The fourth-order valence-electron chi connectivity index (χ4n) is 1.38. The third-order valence-electron chi connectivity index (χ3n) is 2.25. The molecule has 2 aromatic rings. The van der Waals surface area contributed by atoms with Crippen LogP contribution in [0.5, 0.6) is 0 Å². The topological polar surface area (TPSA) is 58.2 Å². The summed E-state index contributed by atoms with van der Waals surface area (Å²) in [5.74, 6) is 0. The Morgan fingerprint density at radius 1 is 1.33 bits per heavy atom. The number of hydrogen-bond acceptors (Lipinski definition) is 5. The minimum absolute atomic E-state index is 0.349. The summed E-state index contributed by atoms with van der Waals surface area (Å²) in [6, 6.07) is 3.46. The van der Waals surface area contributed by atoms with E-state index in [1.807, 2.05) is 17.7 Å². The molecule has 7 heteroatoms. The van der Waals surface area contributed by atoms with E-state index in [9.17, 15) is 8.42 Å². The lowest BCUT2D eigenvalue weighted by Crippen LogP contribution is -2.12. The number of thiophene rings is 2. The Balaban J connectivity index is 2.12. The van der Waals surface area contributed by atoms with Gasteiger partial charge in [-0.05, 0) is 35.0 Å². The van der Waals surface area contributed by atoms with Crippen LogP contribution in [0, 0.1) is 0 Å². The van der Waals surface area contributed by atoms with E-state index in [1.165, 1.54) is 22.7 Å². The van der Waals surface area contributed by atoms with Crippen LogP contribution in [0.25, 0.3) is 0 Å². The fourth-order valence-corrected chi connectivity index (χ4v) is 4.31. The van der Waals surface area contributed by atoms with Crippen LogP contribution in [-0.4, -0.2) is 15.0 Å². The van der Waals surface area contributed by atoms with E-state index in [1.54, 1.807) is 17.5 Å². The number of sulfonamides is 1. The molecule has 0 radical (unpaired) electrons. The van der Waals surface area contributed by atoms with E-state index < -0.39 is 10.0 Å². The van der Waals surface area contributed by atoms with E-state index in [4.69, 9.17) is 0 Å². The average molecular weight is 302 g/mol. The van der Waals surface area contributed by atoms with Gasteiger partial charge < -0.3 is 5.32 Å². The molecule has 0 aliphatic carbocycles. The van der Waals surface area contributed by atoms with Crippen molar-refractivity contribution in [3.05, 3.63) is 33.8 Å². The second kappa shape index (κ2) is 5.83. The summed E-state index contributed by atoms with van der Waals surface area (Å²) in [5, 5.41) is 8.64. The smallest absolute Gasteiger partial charge is 0.271 e. The molecule has 2 heterocycles. The van der Waals surface area contributed by atoms with Crippen molar-refractivity contribution >= 4 is 38.4 Å². The summed E-state index contributed by atoms with van der Waals surface area (Å²) < 4.78 is 27.0. The molecule has 2 aromatic heterocycles. The van der Waals surface area contributed by atoms with Gasteiger partial charge in [0.25, 0.3) is 10.0 Å². The largest absolute Gasteiger partial charge is 0.313 e. The zero-order chi connectivity index (χ0) is 13.0. The van der Waals surface area contributed by atoms with Crippen LogP contribution in [0.2, 0.25) is 0 Å². The van der Waals surface area contributed by atoms with Crippen LogP contribution < -0.4 is 10.0 Å². The van der Waals surface area contributed by atoms with Crippen LogP contribution in [0.3, 0.4) is 0 Å². The highest BCUT2D eigenvalue weighted by Crippen LogP contribution is 2.24. The Labute approximate surface area is 115 Å². The standard InChI is InChI=1S/C11H14N2O2S3/c1-2-12-6-9-5-11(17-7-9)18(14,15)13-10-3-4-16-8-10/h3-5,7-8,12-13H,2,6H2,1H3. The quantitative estimate of drug-likeness (QED) is 0.862. The molecule has 4 nitrogen and oxygen atoms in total. The molecule has 0 saturated heterocycles. The van der Waals surface area contributed by atoms with Crippen LogP contribution in [0.15, 0.2) is 32.5 Å². The first-order chi connectivity index (χ1) is 8.62. The van der Waals surface area contributed by atoms with Crippen molar-refractivity contribution in [3.63, 3.8) is 0 Å². The van der Waals surface area contributed by atoms with Gasteiger partial charge >= 0.3 is 0 Å². The summed E-state index contributed by atoms with van der Waals surface area (Å²) in [6.07, 6.45) is 0. The van der Waals surface area contributed by atoms with Gasteiger partial charge in [-0.3, -0.25) is 4.72 Å². The maximum absolute atomic E-state index is 12.1. The van der Waals surface area contributed by atoms with E-state index in [0.29, 0.717) is 16.4 Å². The van der Waals surface area contributed by atoms with E-state index in [2.05, 4.69) is 10.0 Å². The molecule has 0 aromatic carbocycles. The van der Waals surface area contributed by atoms with Gasteiger partial charge in [0.1, 0.15) is 4.21 Å². The highest BCUT2D eigenvalue weighted by Gasteiger charge is 2.16. The van der Waals surface area contributed by atoms with Gasteiger partial charge in [-0.25, -0.2) is 8.42 Å². The van der Waals surface area contributed by atoms with Crippen molar-refractivity contribution in [1.82, 2.24) is 5.32 Å². The predicted molar refractivity (Wildman–Crippen MR) is 76.8 cm³/mol. The molecule has 0 saturated carbocycles. The lowest BCUT2D eigenvalue weighted by atomic mass is 10.3. The Morgan fingerprint density at radius 2 is 2.17 bits per heavy atom. The molecule has 98 valence electrons. The van der Waals surface area contributed by atoms with E-state index in [0.717, 1.165) is 12.1 Å². The lowest BCUT2D eigenvalue weighted by molar-refractivity contribution is 0.603. The molecule has 0 aliphatic rings. The summed E-state index contributed by atoms with van der Waals surface area (Å²) >= 11 is 2.70. The normalized spacial score (nSPS) is 11.6. The highest BCUT2D eigenvalue weighted by atomic mass is 32.2. The molecule has 0 unspecified atom stereocenters. The highest BCUT2D eigenvalue weighted by molar-refractivity contribution is 7.94. The molecule has 0 atom stereocenters. The third-order valence-corrected chi connectivity index (χ3v) is 5.80. The number of anilines is 1. The van der Waals surface area contributed by atoms with Gasteiger partial charge in [-0.15, -0.1) is 11.3 Å². The monoisotopic (exact) mass is 302 g/mol. The number of hydrogen-bond donors (Lipinski definition) is 2. The fraction of sp³-hybridized carbons (Fsp3) is 0.273. The Bertz CT molecular complexity index is 588. The molecule has 2 N–H and O–H groups in total. The Morgan fingerprint density at radius 3 is 2.83 bits per heavy atom. The van der Waals surface area contributed by atoms with E-state index in [-0.39, 0.29) is 0 Å². The molecular formula is C11H14N2O2S3. The number of nitrogens with one attached hydrogen (secondary N) is 2.